The summed E-state index contributed by atoms with van der Waals surface area (Å²) in [5, 5.41) is 13.1. The van der Waals surface area contributed by atoms with E-state index in [1.54, 1.807) is 6.07 Å². The SMILES string of the molecule is CNC(CCN1CCC(C)(O)C1)c1ccc(F)cn1. The van der Waals surface area contributed by atoms with Gasteiger partial charge in [-0.15, -0.1) is 0 Å². The first kappa shape index (κ1) is 14.4. The summed E-state index contributed by atoms with van der Waals surface area (Å²) in [4.78, 5) is 6.38. The predicted octanol–water partition coefficient (Wildman–Crippen LogP) is 1.33. The Morgan fingerprint density at radius 3 is 2.89 bits per heavy atom. The van der Waals surface area contributed by atoms with Crippen LogP contribution in [-0.4, -0.2) is 47.3 Å². The second-order valence-electron chi connectivity index (χ2n) is 5.55. The molecule has 2 heterocycles. The lowest BCUT2D eigenvalue weighted by Crippen LogP contribution is -2.32. The Balaban J connectivity index is 1.88. The summed E-state index contributed by atoms with van der Waals surface area (Å²) < 4.78 is 12.9. The van der Waals surface area contributed by atoms with Gasteiger partial charge in [0.2, 0.25) is 0 Å². The number of nitrogens with one attached hydrogen (secondary N) is 1. The van der Waals surface area contributed by atoms with Crippen LogP contribution >= 0.6 is 0 Å². The van der Waals surface area contributed by atoms with Crippen LogP contribution in [0.5, 0.6) is 0 Å². The van der Waals surface area contributed by atoms with Crippen molar-refractivity contribution >= 4 is 0 Å². The van der Waals surface area contributed by atoms with Crippen molar-refractivity contribution in [1.29, 1.82) is 0 Å². The lowest BCUT2D eigenvalue weighted by atomic mass is 10.1. The predicted molar refractivity (Wildman–Crippen MR) is 72.3 cm³/mol. The highest BCUT2D eigenvalue weighted by Gasteiger charge is 2.31. The molecule has 1 aromatic heterocycles. The molecule has 0 spiro atoms. The van der Waals surface area contributed by atoms with Crippen LogP contribution < -0.4 is 5.32 Å². The third kappa shape index (κ3) is 3.96. The molecule has 4 nitrogen and oxygen atoms in total. The lowest BCUT2D eigenvalue weighted by Gasteiger charge is -2.22. The number of hydrogen-bond donors (Lipinski definition) is 2. The molecule has 5 heteroatoms. The van der Waals surface area contributed by atoms with Crippen LogP contribution in [0.2, 0.25) is 0 Å². The van der Waals surface area contributed by atoms with Crippen molar-refractivity contribution in [3.63, 3.8) is 0 Å². The number of aromatic nitrogens is 1. The normalized spacial score (nSPS) is 25.7. The van der Waals surface area contributed by atoms with Crippen molar-refractivity contribution in [1.82, 2.24) is 15.2 Å². The molecule has 1 aromatic rings. The third-order valence-electron chi connectivity index (χ3n) is 3.72. The Hall–Kier alpha value is -1.04. The summed E-state index contributed by atoms with van der Waals surface area (Å²) in [5.41, 5.74) is 0.304. The molecule has 1 aliphatic rings. The molecule has 2 N–H and O–H groups in total. The zero-order valence-corrected chi connectivity index (χ0v) is 11.6. The first-order valence-electron chi connectivity index (χ1n) is 6.74. The van der Waals surface area contributed by atoms with Crippen LogP contribution in [0.4, 0.5) is 4.39 Å². The van der Waals surface area contributed by atoms with Crippen molar-refractivity contribution in [3.05, 3.63) is 29.8 Å². The summed E-state index contributed by atoms with van der Waals surface area (Å²) in [6.45, 7) is 4.44. The van der Waals surface area contributed by atoms with Gasteiger partial charge in [-0.2, -0.15) is 0 Å². The molecular weight excluding hydrogens is 245 g/mol. The molecule has 1 aliphatic heterocycles. The van der Waals surface area contributed by atoms with E-state index in [1.165, 1.54) is 12.3 Å². The molecule has 0 amide bonds. The average Bonchev–Trinajstić information content (AvgIpc) is 2.72. The Kier molecular flexibility index (Phi) is 4.50. The maximum atomic E-state index is 12.9. The van der Waals surface area contributed by atoms with Gasteiger partial charge in [-0.3, -0.25) is 4.98 Å². The Bertz CT molecular complexity index is 408. The first-order chi connectivity index (χ1) is 9.00. The number of aliphatic hydroxyl groups is 1. The maximum absolute atomic E-state index is 12.9. The zero-order valence-electron chi connectivity index (χ0n) is 11.6. The Morgan fingerprint density at radius 2 is 2.37 bits per heavy atom. The molecule has 2 unspecified atom stereocenters. The van der Waals surface area contributed by atoms with Gasteiger partial charge in [0.1, 0.15) is 5.82 Å². The fourth-order valence-corrected chi connectivity index (χ4v) is 2.57. The molecule has 2 rings (SSSR count). The van der Waals surface area contributed by atoms with Gasteiger partial charge in [0.05, 0.1) is 23.5 Å². The molecule has 19 heavy (non-hydrogen) atoms. The molecule has 0 saturated carbocycles. The van der Waals surface area contributed by atoms with E-state index < -0.39 is 5.60 Å². The number of likely N-dealkylation sites (tertiary alicyclic amines) is 1. The molecule has 106 valence electrons. The van der Waals surface area contributed by atoms with E-state index in [-0.39, 0.29) is 11.9 Å². The van der Waals surface area contributed by atoms with Crippen LogP contribution in [-0.2, 0) is 0 Å². The molecule has 1 saturated heterocycles. The second kappa shape index (κ2) is 5.94. The maximum Gasteiger partial charge on any atom is 0.141 e. The summed E-state index contributed by atoms with van der Waals surface area (Å²) in [7, 11) is 1.88. The molecule has 2 atom stereocenters. The fraction of sp³-hybridized carbons (Fsp3) is 0.643. The second-order valence-corrected chi connectivity index (χ2v) is 5.55. The highest BCUT2D eigenvalue weighted by Crippen LogP contribution is 2.22. The third-order valence-corrected chi connectivity index (χ3v) is 3.72. The Labute approximate surface area is 113 Å². The minimum Gasteiger partial charge on any atom is -0.389 e. The first-order valence-corrected chi connectivity index (χ1v) is 6.74. The van der Waals surface area contributed by atoms with Crippen LogP contribution in [0.3, 0.4) is 0 Å². The summed E-state index contributed by atoms with van der Waals surface area (Å²) >= 11 is 0. The van der Waals surface area contributed by atoms with Gasteiger partial charge in [0, 0.05) is 19.6 Å². The van der Waals surface area contributed by atoms with E-state index in [4.69, 9.17) is 0 Å². The van der Waals surface area contributed by atoms with Crippen molar-refractivity contribution in [3.8, 4) is 0 Å². The van der Waals surface area contributed by atoms with Gasteiger partial charge < -0.3 is 15.3 Å². The number of nitrogens with zero attached hydrogens (tertiary/aromatic N) is 2. The Morgan fingerprint density at radius 1 is 1.58 bits per heavy atom. The minimum absolute atomic E-state index is 0.117. The van der Waals surface area contributed by atoms with Crippen molar-refractivity contribution in [2.75, 3.05) is 26.7 Å². The molecule has 0 bridgehead atoms. The monoisotopic (exact) mass is 267 g/mol. The van der Waals surface area contributed by atoms with E-state index >= 15 is 0 Å². The topological polar surface area (TPSA) is 48.4 Å². The molecule has 1 fully saturated rings. The minimum atomic E-state index is -0.552. The van der Waals surface area contributed by atoms with E-state index in [1.807, 2.05) is 14.0 Å². The van der Waals surface area contributed by atoms with E-state index in [0.29, 0.717) is 0 Å². The van der Waals surface area contributed by atoms with Gasteiger partial charge in [-0.25, -0.2) is 4.39 Å². The quantitative estimate of drug-likeness (QED) is 0.845. The van der Waals surface area contributed by atoms with Gasteiger partial charge in [-0.05, 0) is 38.9 Å². The van der Waals surface area contributed by atoms with E-state index in [9.17, 15) is 9.50 Å². The summed E-state index contributed by atoms with van der Waals surface area (Å²) in [6, 6.07) is 3.27. The van der Waals surface area contributed by atoms with Crippen LogP contribution in [0.1, 0.15) is 31.5 Å². The molecular formula is C14H22FN3O. The smallest absolute Gasteiger partial charge is 0.141 e. The van der Waals surface area contributed by atoms with Gasteiger partial charge in [0.15, 0.2) is 0 Å². The van der Waals surface area contributed by atoms with Crippen LogP contribution in [0, 0.1) is 5.82 Å². The van der Waals surface area contributed by atoms with Crippen molar-refractivity contribution in [2.24, 2.45) is 0 Å². The number of hydrogen-bond acceptors (Lipinski definition) is 4. The van der Waals surface area contributed by atoms with Crippen LogP contribution in [0.15, 0.2) is 18.3 Å². The number of rotatable bonds is 5. The zero-order chi connectivity index (χ0) is 13.9. The van der Waals surface area contributed by atoms with Gasteiger partial charge in [0.25, 0.3) is 0 Å². The molecule has 0 aromatic carbocycles. The fourth-order valence-electron chi connectivity index (χ4n) is 2.57. The standard InChI is InChI=1S/C14H22FN3O/c1-14(19)6-8-18(10-14)7-5-12(16-2)13-4-3-11(15)9-17-13/h3-4,9,12,16,19H,5-8,10H2,1-2H3. The molecule has 0 aliphatic carbocycles. The van der Waals surface area contributed by atoms with Gasteiger partial charge in [-0.1, -0.05) is 0 Å². The van der Waals surface area contributed by atoms with Gasteiger partial charge >= 0.3 is 0 Å². The van der Waals surface area contributed by atoms with E-state index in [0.717, 1.165) is 38.2 Å². The highest BCUT2D eigenvalue weighted by atomic mass is 19.1. The lowest BCUT2D eigenvalue weighted by molar-refractivity contribution is 0.0683. The number of β-amino-alcohol motifs (C(OH)–C–C–N with tert-alkyl or cyclic N) is 1. The average molecular weight is 267 g/mol. The van der Waals surface area contributed by atoms with Crippen molar-refractivity contribution in [2.45, 2.75) is 31.4 Å². The summed E-state index contributed by atoms with van der Waals surface area (Å²) in [6.07, 6.45) is 2.97. The molecule has 0 radical (unpaired) electrons. The highest BCUT2D eigenvalue weighted by molar-refractivity contribution is 5.09. The number of pyridine rings is 1. The summed E-state index contributed by atoms with van der Waals surface area (Å²) in [5.74, 6) is -0.311. The van der Waals surface area contributed by atoms with E-state index in [2.05, 4.69) is 15.2 Å². The largest absolute Gasteiger partial charge is 0.389 e. The van der Waals surface area contributed by atoms with Crippen LogP contribution in [0.25, 0.3) is 0 Å². The van der Waals surface area contributed by atoms with Crippen molar-refractivity contribution < 1.29 is 9.50 Å². The number of halogens is 1.